The summed E-state index contributed by atoms with van der Waals surface area (Å²) >= 11 is 1.27. The summed E-state index contributed by atoms with van der Waals surface area (Å²) in [6.07, 6.45) is 1.36. The average molecular weight is 491 g/mol. The first-order valence-electron chi connectivity index (χ1n) is 11.9. The number of benzene rings is 2. The molecule has 35 heavy (non-hydrogen) atoms. The molecule has 0 saturated carbocycles. The number of aromatic nitrogens is 2. The van der Waals surface area contributed by atoms with Crippen LogP contribution in [0.15, 0.2) is 64.8 Å². The minimum absolute atomic E-state index is 0.0696. The normalized spacial score (nSPS) is 15.3. The Bertz CT molecular complexity index is 1390. The van der Waals surface area contributed by atoms with Gasteiger partial charge in [0.1, 0.15) is 10.5 Å². The van der Waals surface area contributed by atoms with Crippen LogP contribution >= 0.6 is 11.3 Å². The van der Waals surface area contributed by atoms with E-state index in [1.165, 1.54) is 23.0 Å². The number of rotatable bonds is 6. The largest absolute Gasteiger partial charge is 0.355 e. The van der Waals surface area contributed by atoms with Gasteiger partial charge in [0, 0.05) is 42.1 Å². The van der Waals surface area contributed by atoms with Gasteiger partial charge in [-0.1, -0.05) is 55.5 Å². The van der Waals surface area contributed by atoms with Gasteiger partial charge in [-0.3, -0.25) is 14.6 Å². The lowest BCUT2D eigenvalue weighted by Crippen LogP contribution is -2.42. The van der Waals surface area contributed by atoms with Crippen molar-refractivity contribution in [3.63, 3.8) is 0 Å². The highest BCUT2D eigenvalue weighted by Crippen LogP contribution is 2.33. The molecule has 6 nitrogen and oxygen atoms in total. The summed E-state index contributed by atoms with van der Waals surface area (Å²) in [4.78, 5) is 35.1. The predicted octanol–water partition coefficient (Wildman–Crippen LogP) is 4.93. The number of hydrogen-bond acceptors (Lipinski definition) is 5. The molecule has 0 radical (unpaired) electrons. The topological polar surface area (TPSA) is 78.1 Å². The summed E-state index contributed by atoms with van der Waals surface area (Å²) in [5.74, 6) is 0.374. The van der Waals surface area contributed by atoms with Crippen molar-refractivity contribution in [2.24, 2.45) is 5.92 Å². The number of aromatic amines is 1. The fourth-order valence-electron chi connectivity index (χ4n) is 4.59. The van der Waals surface area contributed by atoms with E-state index >= 15 is 0 Å². The van der Waals surface area contributed by atoms with Crippen molar-refractivity contribution in [3.05, 3.63) is 81.7 Å². The molecular weight excluding hydrogens is 463 g/mol. The molecule has 180 valence electrons. The molecule has 0 aliphatic carbocycles. The molecule has 3 heterocycles. The number of H-pyrrole nitrogens is 1. The summed E-state index contributed by atoms with van der Waals surface area (Å²) in [5, 5.41) is 4.88. The number of carbonyl (C=O) groups excluding carboxylic acids is 1. The number of halogens is 1. The molecule has 1 fully saturated rings. The lowest BCUT2D eigenvalue weighted by atomic mass is 9.95. The fraction of sp³-hybridized carbons (Fsp3) is 0.296. The van der Waals surface area contributed by atoms with Crippen LogP contribution in [0.2, 0.25) is 0 Å². The third-order valence-electron chi connectivity index (χ3n) is 6.69. The second-order valence-electron chi connectivity index (χ2n) is 9.01. The zero-order chi connectivity index (χ0) is 24.4. The molecular formula is C27H27FN4O2S. The van der Waals surface area contributed by atoms with Gasteiger partial charge in [0.2, 0.25) is 11.9 Å². The first-order chi connectivity index (χ1) is 17.0. The average Bonchev–Trinajstić information content (AvgIpc) is 3.32. The number of anilines is 1. The molecule has 5 rings (SSSR count). The number of nitrogens with zero attached hydrogens (tertiary/aromatic N) is 2. The standard InChI is InChI=1S/C27H27FN4O2S/c1-17(18-7-3-2-4-8-18)15-29-25(33)19-11-13-32(14-12-19)27-30-23-21(16-35-24(23)26(34)31-27)20-9-5-6-10-22(20)28/h2-10,16-17,19H,11-15H2,1H3,(H,29,33)(H,30,31,34)/t17-/m1/s1. The van der Waals surface area contributed by atoms with E-state index in [1.54, 1.807) is 23.6 Å². The van der Waals surface area contributed by atoms with Gasteiger partial charge >= 0.3 is 0 Å². The van der Waals surface area contributed by atoms with Crippen LogP contribution < -0.4 is 15.8 Å². The third kappa shape index (κ3) is 4.84. The highest BCUT2D eigenvalue weighted by atomic mass is 32.1. The van der Waals surface area contributed by atoms with Crippen LogP contribution in [0.1, 0.15) is 31.2 Å². The molecule has 1 aliphatic heterocycles. The smallest absolute Gasteiger partial charge is 0.270 e. The van der Waals surface area contributed by atoms with Gasteiger partial charge in [0.05, 0.1) is 5.52 Å². The Morgan fingerprint density at radius 1 is 1.14 bits per heavy atom. The minimum atomic E-state index is -0.343. The van der Waals surface area contributed by atoms with E-state index in [2.05, 4.69) is 29.4 Å². The summed E-state index contributed by atoms with van der Waals surface area (Å²) < 4.78 is 14.9. The van der Waals surface area contributed by atoms with Crippen LogP contribution in [0.25, 0.3) is 21.3 Å². The van der Waals surface area contributed by atoms with Crippen LogP contribution in [0, 0.1) is 11.7 Å². The summed E-state index contributed by atoms with van der Waals surface area (Å²) in [7, 11) is 0. The number of carbonyl (C=O) groups is 1. The maximum Gasteiger partial charge on any atom is 0.270 e. The van der Waals surface area contributed by atoms with Crippen molar-refractivity contribution in [1.29, 1.82) is 0 Å². The Balaban J connectivity index is 1.26. The number of amides is 1. The van der Waals surface area contributed by atoms with E-state index in [0.717, 1.165) is 0 Å². The maximum atomic E-state index is 14.4. The molecule has 4 aromatic rings. The Morgan fingerprint density at radius 2 is 1.86 bits per heavy atom. The second-order valence-corrected chi connectivity index (χ2v) is 9.89. The zero-order valence-corrected chi connectivity index (χ0v) is 20.3. The number of thiophene rings is 1. The Kier molecular flexibility index (Phi) is 6.63. The number of fused-ring (bicyclic) bond motifs is 1. The molecule has 0 spiro atoms. The van der Waals surface area contributed by atoms with E-state index < -0.39 is 0 Å². The summed E-state index contributed by atoms with van der Waals surface area (Å²) in [5.41, 5.74) is 2.54. The molecule has 2 N–H and O–H groups in total. The van der Waals surface area contributed by atoms with E-state index in [9.17, 15) is 14.0 Å². The van der Waals surface area contributed by atoms with Crippen LogP contribution in [0.5, 0.6) is 0 Å². The van der Waals surface area contributed by atoms with Crippen molar-refractivity contribution < 1.29 is 9.18 Å². The molecule has 1 aliphatic rings. The van der Waals surface area contributed by atoms with Gasteiger partial charge in [0.25, 0.3) is 5.56 Å². The fourth-order valence-corrected chi connectivity index (χ4v) is 5.49. The van der Waals surface area contributed by atoms with Crippen molar-refractivity contribution >= 4 is 33.4 Å². The summed E-state index contributed by atoms with van der Waals surface area (Å²) in [6.45, 7) is 3.93. The Labute approximate surface area is 206 Å². The molecule has 0 unspecified atom stereocenters. The number of hydrogen-bond donors (Lipinski definition) is 2. The highest BCUT2D eigenvalue weighted by Gasteiger charge is 2.27. The summed E-state index contributed by atoms with van der Waals surface area (Å²) in [6, 6.07) is 16.7. The molecule has 1 atom stereocenters. The molecule has 2 aromatic heterocycles. The first kappa shape index (κ1) is 23.2. The third-order valence-corrected chi connectivity index (χ3v) is 7.66. The maximum absolute atomic E-state index is 14.4. The van der Waals surface area contributed by atoms with E-state index in [1.807, 2.05) is 23.1 Å². The van der Waals surface area contributed by atoms with Gasteiger partial charge in [-0.15, -0.1) is 11.3 Å². The molecule has 2 aromatic carbocycles. The second kappa shape index (κ2) is 10.00. The molecule has 1 amide bonds. The lowest BCUT2D eigenvalue weighted by Gasteiger charge is -2.31. The lowest BCUT2D eigenvalue weighted by molar-refractivity contribution is -0.125. The monoisotopic (exact) mass is 490 g/mol. The molecule has 1 saturated heterocycles. The number of nitrogens with one attached hydrogen (secondary N) is 2. The SMILES string of the molecule is C[C@H](CNC(=O)C1CCN(c2nc3c(-c4ccccc4F)csc3c(=O)[nH]2)CC1)c1ccccc1. The van der Waals surface area contributed by atoms with Crippen molar-refractivity contribution in [1.82, 2.24) is 15.3 Å². The van der Waals surface area contributed by atoms with Crippen LogP contribution in [0.3, 0.4) is 0 Å². The van der Waals surface area contributed by atoms with Crippen molar-refractivity contribution in [2.45, 2.75) is 25.7 Å². The number of piperidine rings is 1. The minimum Gasteiger partial charge on any atom is -0.355 e. The van der Waals surface area contributed by atoms with Crippen LogP contribution in [0.4, 0.5) is 10.3 Å². The van der Waals surface area contributed by atoms with Crippen molar-refractivity contribution in [2.75, 3.05) is 24.5 Å². The van der Waals surface area contributed by atoms with Crippen molar-refractivity contribution in [3.8, 4) is 11.1 Å². The molecule has 8 heteroatoms. The Hall–Kier alpha value is -3.52. The van der Waals surface area contributed by atoms with E-state index in [4.69, 9.17) is 4.98 Å². The zero-order valence-electron chi connectivity index (χ0n) is 19.5. The van der Waals surface area contributed by atoms with Gasteiger partial charge in [0.15, 0.2) is 0 Å². The van der Waals surface area contributed by atoms with E-state index in [0.29, 0.717) is 59.8 Å². The van der Waals surface area contributed by atoms with Gasteiger partial charge in [-0.2, -0.15) is 0 Å². The molecule has 0 bridgehead atoms. The Morgan fingerprint density at radius 3 is 2.60 bits per heavy atom. The van der Waals surface area contributed by atoms with Crippen LogP contribution in [-0.2, 0) is 4.79 Å². The van der Waals surface area contributed by atoms with Gasteiger partial charge in [-0.25, -0.2) is 9.37 Å². The predicted molar refractivity (Wildman–Crippen MR) is 138 cm³/mol. The first-order valence-corrected chi connectivity index (χ1v) is 12.7. The highest BCUT2D eigenvalue weighted by molar-refractivity contribution is 7.17. The van der Waals surface area contributed by atoms with Gasteiger partial charge in [-0.05, 0) is 30.4 Å². The van der Waals surface area contributed by atoms with Gasteiger partial charge < -0.3 is 10.2 Å². The van der Waals surface area contributed by atoms with E-state index in [-0.39, 0.29) is 29.1 Å². The quantitative estimate of drug-likeness (QED) is 0.402. The van der Waals surface area contributed by atoms with Crippen LogP contribution in [-0.4, -0.2) is 35.5 Å².